The number of nitro benzene ring substituents is 1. The fraction of sp³-hybridized carbons (Fsp3) is 0.200. The minimum Gasteiger partial charge on any atom is -0.381 e. The first-order valence-corrected chi connectivity index (χ1v) is 6.69. The summed E-state index contributed by atoms with van der Waals surface area (Å²) in [5.41, 5.74) is 3.12. The van der Waals surface area contributed by atoms with Crippen LogP contribution in [0, 0.1) is 29.8 Å². The molecule has 0 fully saturated rings. The topological polar surface area (TPSA) is 55.2 Å². The van der Waals surface area contributed by atoms with Gasteiger partial charge in [-0.3, -0.25) is 10.1 Å². The quantitative estimate of drug-likeness (QED) is 0.662. The van der Waals surface area contributed by atoms with Crippen LogP contribution in [0.2, 0.25) is 5.02 Å². The number of rotatable bonds is 4. The summed E-state index contributed by atoms with van der Waals surface area (Å²) in [4.78, 5) is 10.3. The highest BCUT2D eigenvalue weighted by atomic mass is 35.5. The van der Waals surface area contributed by atoms with Gasteiger partial charge in [0.15, 0.2) is 0 Å². The van der Waals surface area contributed by atoms with E-state index in [9.17, 15) is 14.5 Å². The van der Waals surface area contributed by atoms with E-state index in [1.165, 1.54) is 24.3 Å². The molecule has 0 bridgehead atoms. The van der Waals surface area contributed by atoms with Crippen molar-refractivity contribution in [3.05, 3.63) is 68.0 Å². The lowest BCUT2D eigenvalue weighted by atomic mass is 10.1. The molecule has 0 saturated heterocycles. The molecule has 1 N–H and O–H groups in total. The van der Waals surface area contributed by atoms with Crippen molar-refractivity contribution in [2.75, 3.05) is 5.32 Å². The Balaban J connectivity index is 2.20. The number of benzene rings is 2. The second kappa shape index (κ2) is 6.10. The van der Waals surface area contributed by atoms with Crippen molar-refractivity contribution in [3.63, 3.8) is 0 Å². The Bertz CT molecular complexity index is 704. The van der Waals surface area contributed by atoms with Crippen molar-refractivity contribution >= 4 is 23.0 Å². The van der Waals surface area contributed by atoms with Gasteiger partial charge in [0.2, 0.25) is 0 Å². The first-order valence-electron chi connectivity index (χ1n) is 6.32. The van der Waals surface area contributed by atoms with Gasteiger partial charge in [0, 0.05) is 18.3 Å². The maximum absolute atomic E-state index is 13.0. The van der Waals surface area contributed by atoms with Gasteiger partial charge in [-0.2, -0.15) is 0 Å². The third kappa shape index (κ3) is 3.49. The fourth-order valence-corrected chi connectivity index (χ4v) is 2.28. The molecule has 21 heavy (non-hydrogen) atoms. The van der Waals surface area contributed by atoms with E-state index < -0.39 is 4.92 Å². The number of nitro groups is 1. The molecule has 0 atom stereocenters. The van der Waals surface area contributed by atoms with Gasteiger partial charge in [-0.15, -0.1) is 0 Å². The molecule has 2 aromatic carbocycles. The molecule has 2 aromatic rings. The monoisotopic (exact) mass is 308 g/mol. The van der Waals surface area contributed by atoms with Crippen LogP contribution in [0.3, 0.4) is 0 Å². The Morgan fingerprint density at radius 2 is 1.95 bits per heavy atom. The van der Waals surface area contributed by atoms with Gasteiger partial charge in [0.05, 0.1) is 4.92 Å². The first kappa shape index (κ1) is 15.3. The maximum atomic E-state index is 13.0. The van der Waals surface area contributed by atoms with Gasteiger partial charge in [0.1, 0.15) is 10.8 Å². The van der Waals surface area contributed by atoms with Crippen molar-refractivity contribution in [2.24, 2.45) is 0 Å². The van der Waals surface area contributed by atoms with Gasteiger partial charge >= 0.3 is 0 Å². The average Bonchev–Trinajstić information content (AvgIpc) is 2.40. The lowest BCUT2D eigenvalue weighted by Crippen LogP contribution is -2.03. The van der Waals surface area contributed by atoms with Gasteiger partial charge in [-0.05, 0) is 48.7 Å². The van der Waals surface area contributed by atoms with Crippen LogP contribution >= 0.6 is 11.6 Å². The zero-order chi connectivity index (χ0) is 15.6. The van der Waals surface area contributed by atoms with Crippen LogP contribution in [0.25, 0.3) is 0 Å². The molecule has 0 aromatic heterocycles. The number of nitrogens with zero attached hydrogens (tertiary/aromatic N) is 1. The molecule has 0 amide bonds. The van der Waals surface area contributed by atoms with Crippen molar-refractivity contribution in [1.82, 2.24) is 0 Å². The third-order valence-electron chi connectivity index (χ3n) is 3.26. The Morgan fingerprint density at radius 1 is 1.24 bits per heavy atom. The SMILES string of the molecule is Cc1cc(F)ccc1CNc1cc(Cl)c([N+](=O)[O-])cc1C. The van der Waals surface area contributed by atoms with Gasteiger partial charge < -0.3 is 5.32 Å². The normalized spacial score (nSPS) is 10.5. The van der Waals surface area contributed by atoms with E-state index in [1.54, 1.807) is 13.0 Å². The number of nitrogens with one attached hydrogen (secondary N) is 1. The van der Waals surface area contributed by atoms with Crippen LogP contribution in [-0.2, 0) is 6.54 Å². The first-order chi connectivity index (χ1) is 9.88. The molecule has 110 valence electrons. The number of hydrogen-bond acceptors (Lipinski definition) is 3. The van der Waals surface area contributed by atoms with Gasteiger partial charge in [-0.1, -0.05) is 17.7 Å². The number of hydrogen-bond donors (Lipinski definition) is 1. The lowest BCUT2D eigenvalue weighted by Gasteiger charge is -2.12. The average molecular weight is 309 g/mol. The Labute approximate surface area is 126 Å². The Hall–Kier alpha value is -2.14. The van der Waals surface area contributed by atoms with E-state index in [0.29, 0.717) is 12.2 Å². The van der Waals surface area contributed by atoms with Crippen molar-refractivity contribution < 1.29 is 9.31 Å². The second-order valence-electron chi connectivity index (χ2n) is 4.80. The molecule has 2 rings (SSSR count). The number of anilines is 1. The second-order valence-corrected chi connectivity index (χ2v) is 5.21. The van der Waals surface area contributed by atoms with Crippen molar-refractivity contribution in [1.29, 1.82) is 0 Å². The van der Waals surface area contributed by atoms with E-state index in [0.717, 1.165) is 16.7 Å². The molecule has 4 nitrogen and oxygen atoms in total. The van der Waals surface area contributed by atoms with Gasteiger partial charge in [0.25, 0.3) is 5.69 Å². The van der Waals surface area contributed by atoms with Crippen LogP contribution in [0.1, 0.15) is 16.7 Å². The number of aryl methyl sites for hydroxylation is 2. The van der Waals surface area contributed by atoms with Crippen LogP contribution in [0.4, 0.5) is 15.8 Å². The molecule has 0 heterocycles. The van der Waals surface area contributed by atoms with Crippen LogP contribution in [0.15, 0.2) is 30.3 Å². The summed E-state index contributed by atoms with van der Waals surface area (Å²) >= 11 is 5.90. The molecule has 0 aliphatic heterocycles. The van der Waals surface area contributed by atoms with Crippen molar-refractivity contribution in [3.8, 4) is 0 Å². The maximum Gasteiger partial charge on any atom is 0.288 e. The molecule has 0 saturated carbocycles. The zero-order valence-corrected chi connectivity index (χ0v) is 12.4. The molecular weight excluding hydrogens is 295 g/mol. The highest BCUT2D eigenvalue weighted by molar-refractivity contribution is 6.33. The summed E-state index contributed by atoms with van der Waals surface area (Å²) in [6.45, 7) is 4.08. The Kier molecular flexibility index (Phi) is 4.43. The summed E-state index contributed by atoms with van der Waals surface area (Å²) < 4.78 is 13.0. The lowest BCUT2D eigenvalue weighted by molar-refractivity contribution is -0.384. The van der Waals surface area contributed by atoms with Crippen LogP contribution in [0.5, 0.6) is 0 Å². The molecule has 0 unspecified atom stereocenters. The molecule has 0 aliphatic rings. The number of halogens is 2. The highest BCUT2D eigenvalue weighted by Crippen LogP contribution is 2.30. The van der Waals surface area contributed by atoms with E-state index >= 15 is 0 Å². The minimum absolute atomic E-state index is 0.0870. The largest absolute Gasteiger partial charge is 0.381 e. The van der Waals surface area contributed by atoms with E-state index in [4.69, 9.17) is 11.6 Å². The summed E-state index contributed by atoms with van der Waals surface area (Å²) in [6.07, 6.45) is 0. The predicted octanol–water partition coefficient (Wildman–Crippen LogP) is 4.62. The fourth-order valence-electron chi connectivity index (χ4n) is 2.04. The highest BCUT2D eigenvalue weighted by Gasteiger charge is 2.15. The summed E-state index contributed by atoms with van der Waals surface area (Å²) in [6, 6.07) is 7.54. The summed E-state index contributed by atoms with van der Waals surface area (Å²) in [5.74, 6) is -0.272. The predicted molar refractivity (Wildman–Crippen MR) is 81.3 cm³/mol. The zero-order valence-electron chi connectivity index (χ0n) is 11.6. The third-order valence-corrected chi connectivity index (χ3v) is 3.57. The van der Waals surface area contributed by atoms with Crippen molar-refractivity contribution in [2.45, 2.75) is 20.4 Å². The molecule has 0 spiro atoms. The van der Waals surface area contributed by atoms with Gasteiger partial charge in [-0.25, -0.2) is 4.39 Å². The standard InChI is InChI=1S/C15H14ClFN2O2/c1-9-5-12(17)4-3-11(9)8-18-14-7-13(16)15(19(20)21)6-10(14)2/h3-7,18H,8H2,1-2H3. The molecule has 0 radical (unpaired) electrons. The minimum atomic E-state index is -0.511. The molecular formula is C15H14ClFN2O2. The smallest absolute Gasteiger partial charge is 0.288 e. The van der Waals surface area contributed by atoms with Crippen LogP contribution in [-0.4, -0.2) is 4.92 Å². The van der Waals surface area contributed by atoms with E-state index in [2.05, 4.69) is 5.32 Å². The molecule has 0 aliphatic carbocycles. The van der Waals surface area contributed by atoms with E-state index in [-0.39, 0.29) is 16.5 Å². The summed E-state index contributed by atoms with van der Waals surface area (Å²) in [5, 5.41) is 14.1. The summed E-state index contributed by atoms with van der Waals surface area (Å²) in [7, 11) is 0. The van der Waals surface area contributed by atoms with Crippen LogP contribution < -0.4 is 5.32 Å². The molecule has 6 heteroatoms. The van der Waals surface area contributed by atoms with E-state index in [1.807, 2.05) is 6.92 Å². The Morgan fingerprint density at radius 3 is 2.57 bits per heavy atom.